The molecule has 0 aromatic carbocycles. The summed E-state index contributed by atoms with van der Waals surface area (Å²) in [6, 6.07) is 0.0576. The molecule has 0 aliphatic carbocycles. The molecule has 0 bridgehead atoms. The molecule has 5 heteroatoms. The Kier molecular flexibility index (Phi) is 7.00. The summed E-state index contributed by atoms with van der Waals surface area (Å²) in [5.74, 6) is 0.243. The summed E-state index contributed by atoms with van der Waals surface area (Å²) in [4.78, 5) is 11.0. The number of Topliss-reactive ketones (excluding diaryl/α,β-unsaturated/α-hetero) is 1. The highest BCUT2D eigenvalue weighted by atomic mass is 16.1. The van der Waals surface area contributed by atoms with Gasteiger partial charge in [-0.2, -0.15) is 0 Å². The lowest BCUT2D eigenvalue weighted by atomic mass is 10.0. The minimum Gasteiger partial charge on any atom is -0.396 e. The fraction of sp³-hybridized carbons (Fsp3) is 0.875. The van der Waals surface area contributed by atoms with Crippen LogP contribution >= 0.6 is 0 Å². The normalized spacial score (nSPS) is 13.2. The van der Waals surface area contributed by atoms with Gasteiger partial charge >= 0.3 is 0 Å². The molecular formula is C8H20B2N2O. The minimum atomic E-state index is 0.0576. The van der Waals surface area contributed by atoms with Gasteiger partial charge in [0.05, 0.1) is 6.04 Å². The Hall–Kier alpha value is -0.280. The third kappa shape index (κ3) is 6.84. The molecular weight excluding hydrogens is 162 g/mol. The molecule has 0 fully saturated rings. The fourth-order valence-electron chi connectivity index (χ4n) is 1.33. The lowest BCUT2D eigenvalue weighted by Crippen LogP contribution is -2.32. The van der Waals surface area contributed by atoms with Gasteiger partial charge in [-0.3, -0.25) is 4.79 Å². The van der Waals surface area contributed by atoms with E-state index in [0.29, 0.717) is 0 Å². The quantitative estimate of drug-likeness (QED) is 0.393. The van der Waals surface area contributed by atoms with E-state index in [2.05, 4.69) is 26.0 Å². The average Bonchev–Trinajstić information content (AvgIpc) is 2.03. The number of likely N-dealkylation sites (N-methyl/N-ethyl adjacent to an activating group) is 1. The zero-order valence-corrected chi connectivity index (χ0v) is 9.26. The molecule has 0 spiro atoms. The highest BCUT2D eigenvalue weighted by Crippen LogP contribution is 2.01. The maximum absolute atomic E-state index is 11.0. The molecule has 0 saturated carbocycles. The summed E-state index contributed by atoms with van der Waals surface area (Å²) in [6.45, 7) is 2.75. The van der Waals surface area contributed by atoms with Crippen LogP contribution < -0.4 is 5.32 Å². The van der Waals surface area contributed by atoms with Gasteiger partial charge < -0.3 is 10.0 Å². The van der Waals surface area contributed by atoms with Crippen molar-refractivity contribution < 1.29 is 4.79 Å². The Labute approximate surface area is 83.1 Å². The summed E-state index contributed by atoms with van der Waals surface area (Å²) in [5, 5.41) is 3.03. The molecule has 0 aliphatic rings. The number of ketones is 1. The number of carbonyl (C=O) groups excluding carboxylic acids is 1. The lowest BCUT2D eigenvalue weighted by Gasteiger charge is -2.13. The van der Waals surface area contributed by atoms with Crippen LogP contribution in [0.4, 0.5) is 0 Å². The van der Waals surface area contributed by atoms with Crippen LogP contribution in [0.1, 0.15) is 26.2 Å². The first-order valence-electron chi connectivity index (χ1n) is 4.90. The molecule has 0 aliphatic heterocycles. The molecule has 3 nitrogen and oxygen atoms in total. The van der Waals surface area contributed by atoms with Crippen molar-refractivity contribution in [3.63, 3.8) is 0 Å². The second-order valence-electron chi connectivity index (χ2n) is 3.75. The van der Waals surface area contributed by atoms with E-state index < -0.39 is 0 Å². The predicted octanol–water partition coefficient (Wildman–Crippen LogP) is -1.27. The van der Waals surface area contributed by atoms with Crippen LogP contribution in [0.5, 0.6) is 0 Å². The Morgan fingerprint density at radius 1 is 1.46 bits per heavy atom. The Balaban J connectivity index is 3.44. The molecule has 1 atom stereocenters. The van der Waals surface area contributed by atoms with E-state index in [1.807, 2.05) is 7.05 Å². The number of nitrogens with one attached hydrogen (secondary N) is 1. The zero-order valence-electron chi connectivity index (χ0n) is 9.26. The van der Waals surface area contributed by atoms with Crippen molar-refractivity contribution in [2.75, 3.05) is 13.6 Å². The lowest BCUT2D eigenvalue weighted by molar-refractivity contribution is -0.119. The number of unbranched alkanes of at least 4 members (excludes halogenated alkanes) is 1. The third-order valence-corrected chi connectivity index (χ3v) is 2.19. The molecule has 0 radical (unpaired) electrons. The van der Waals surface area contributed by atoms with Crippen LogP contribution in [0.2, 0.25) is 0 Å². The van der Waals surface area contributed by atoms with Gasteiger partial charge in [0.25, 0.3) is 0 Å². The van der Waals surface area contributed by atoms with Gasteiger partial charge in [-0.15, -0.1) is 0 Å². The second-order valence-corrected chi connectivity index (χ2v) is 3.75. The van der Waals surface area contributed by atoms with Gasteiger partial charge in [-0.25, -0.2) is 0 Å². The van der Waals surface area contributed by atoms with Gasteiger partial charge in [-0.1, -0.05) is 6.42 Å². The molecule has 0 rings (SSSR count). The van der Waals surface area contributed by atoms with Crippen molar-refractivity contribution in [1.29, 1.82) is 0 Å². The van der Waals surface area contributed by atoms with Gasteiger partial charge in [0, 0.05) is 0 Å². The van der Waals surface area contributed by atoms with Crippen LogP contribution in [0.15, 0.2) is 0 Å². The SMILES string of the molecule is BN(B)CCCCC(NC)C(C)=O. The van der Waals surface area contributed by atoms with Crippen molar-refractivity contribution in [3.05, 3.63) is 0 Å². The Morgan fingerprint density at radius 3 is 2.46 bits per heavy atom. The van der Waals surface area contributed by atoms with Crippen LogP contribution in [-0.2, 0) is 4.79 Å². The molecule has 1 unspecified atom stereocenters. The maximum atomic E-state index is 11.0. The first kappa shape index (κ1) is 12.7. The summed E-state index contributed by atoms with van der Waals surface area (Å²) in [7, 11) is 5.99. The first-order chi connectivity index (χ1) is 6.07. The van der Waals surface area contributed by atoms with Gasteiger partial charge in [-0.05, 0) is 33.4 Å². The van der Waals surface area contributed by atoms with E-state index in [4.69, 9.17) is 0 Å². The summed E-state index contributed by atoms with van der Waals surface area (Å²) < 4.78 is 2.17. The van der Waals surface area contributed by atoms with Crippen molar-refractivity contribution >= 4 is 21.7 Å². The molecule has 74 valence electrons. The first-order valence-corrected chi connectivity index (χ1v) is 4.90. The fourth-order valence-corrected chi connectivity index (χ4v) is 1.33. The number of hydrogen-bond donors (Lipinski definition) is 1. The summed E-state index contributed by atoms with van der Waals surface area (Å²) in [5.41, 5.74) is 0. The molecule has 0 aromatic heterocycles. The average molecular weight is 182 g/mol. The smallest absolute Gasteiger partial charge is 0.172 e. The zero-order chi connectivity index (χ0) is 10.3. The number of carbonyl (C=O) groups is 1. The standard InChI is InChI=1S/C8H20B2N2O/c1-7(13)8(11-2)5-3-4-6-12(9)10/h8,11H,3-6,9-10H2,1-2H3. The topological polar surface area (TPSA) is 32.3 Å². The molecule has 13 heavy (non-hydrogen) atoms. The predicted molar refractivity (Wildman–Crippen MR) is 61.2 cm³/mol. The van der Waals surface area contributed by atoms with Crippen LogP contribution in [0.25, 0.3) is 0 Å². The Morgan fingerprint density at radius 2 is 2.08 bits per heavy atom. The van der Waals surface area contributed by atoms with E-state index >= 15 is 0 Å². The largest absolute Gasteiger partial charge is 0.396 e. The van der Waals surface area contributed by atoms with Crippen molar-refractivity contribution in [1.82, 2.24) is 10.0 Å². The molecule has 1 N–H and O–H groups in total. The van der Waals surface area contributed by atoms with E-state index in [0.717, 1.165) is 19.4 Å². The van der Waals surface area contributed by atoms with E-state index in [9.17, 15) is 4.79 Å². The molecule has 0 aromatic rings. The van der Waals surface area contributed by atoms with Crippen LogP contribution in [0.3, 0.4) is 0 Å². The summed E-state index contributed by atoms with van der Waals surface area (Å²) >= 11 is 0. The van der Waals surface area contributed by atoms with E-state index in [1.165, 1.54) is 6.42 Å². The van der Waals surface area contributed by atoms with E-state index in [-0.39, 0.29) is 11.8 Å². The minimum absolute atomic E-state index is 0.0576. The van der Waals surface area contributed by atoms with Gasteiger partial charge in [0.1, 0.15) is 5.78 Å². The van der Waals surface area contributed by atoms with Gasteiger partial charge in [0.15, 0.2) is 16.0 Å². The summed E-state index contributed by atoms with van der Waals surface area (Å²) in [6.07, 6.45) is 3.24. The Bertz CT molecular complexity index is 153. The maximum Gasteiger partial charge on any atom is 0.172 e. The molecule has 0 heterocycles. The number of nitrogens with zero attached hydrogens (tertiary/aromatic N) is 1. The van der Waals surface area contributed by atoms with Gasteiger partial charge in [0.2, 0.25) is 0 Å². The molecule has 0 saturated heterocycles. The van der Waals surface area contributed by atoms with Crippen molar-refractivity contribution in [3.8, 4) is 0 Å². The van der Waals surface area contributed by atoms with Crippen molar-refractivity contribution in [2.45, 2.75) is 32.2 Å². The number of hydrogen-bond acceptors (Lipinski definition) is 3. The number of rotatable bonds is 7. The van der Waals surface area contributed by atoms with Crippen LogP contribution in [-0.4, -0.2) is 46.1 Å². The highest BCUT2D eigenvalue weighted by molar-refractivity contribution is 6.24. The monoisotopic (exact) mass is 182 g/mol. The highest BCUT2D eigenvalue weighted by Gasteiger charge is 2.09. The second kappa shape index (κ2) is 7.15. The molecule has 0 amide bonds. The van der Waals surface area contributed by atoms with Crippen LogP contribution in [0, 0.1) is 0 Å². The van der Waals surface area contributed by atoms with Crippen molar-refractivity contribution in [2.24, 2.45) is 0 Å². The van der Waals surface area contributed by atoms with E-state index in [1.54, 1.807) is 6.92 Å². The third-order valence-electron chi connectivity index (χ3n) is 2.19.